The van der Waals surface area contributed by atoms with Gasteiger partial charge >= 0.3 is 5.97 Å². The number of fused-ring (bicyclic) bond motifs is 2. The van der Waals surface area contributed by atoms with Crippen molar-refractivity contribution in [1.29, 1.82) is 0 Å². The first-order chi connectivity index (χ1) is 18.8. The van der Waals surface area contributed by atoms with E-state index in [1.165, 1.54) is 12.0 Å². The van der Waals surface area contributed by atoms with Crippen LogP contribution in [0, 0.1) is 13.8 Å². The van der Waals surface area contributed by atoms with Gasteiger partial charge in [-0.05, 0) is 50.6 Å². The van der Waals surface area contributed by atoms with Crippen LogP contribution in [-0.2, 0) is 4.74 Å². The van der Waals surface area contributed by atoms with E-state index in [1.807, 2.05) is 13.0 Å². The van der Waals surface area contributed by atoms with Gasteiger partial charge in [-0.3, -0.25) is 14.5 Å². The molecule has 0 N–H and O–H groups in total. The number of benzene rings is 2. The number of nitrogens with zero attached hydrogens (tertiary/aromatic N) is 2. The van der Waals surface area contributed by atoms with Crippen molar-refractivity contribution in [2.24, 2.45) is 0 Å². The number of carbonyl (C=O) groups excluding carboxylic acids is 2. The molecule has 0 spiro atoms. The van der Waals surface area contributed by atoms with E-state index in [4.69, 9.17) is 18.6 Å². The maximum Gasteiger partial charge on any atom is 0.350 e. The number of thiazole rings is 1. The standard InChI is InChI=1S/C29H26N2O7S/c1-6-12-37-20-11-9-17(14-21(20)35-5)23-22-24(32)18-13-15(3)8-10-19(18)38-25(22)27(33)31(23)29-30-16(4)26(39-29)28(34)36-7-2/h6,8-11,13-14,23H,1,7,12H2,2-5H3. The van der Waals surface area contributed by atoms with E-state index in [0.717, 1.165) is 16.9 Å². The van der Waals surface area contributed by atoms with Crippen molar-refractivity contribution in [3.63, 3.8) is 0 Å². The zero-order valence-corrected chi connectivity index (χ0v) is 22.7. The lowest BCUT2D eigenvalue weighted by molar-refractivity contribution is 0.0531. The van der Waals surface area contributed by atoms with E-state index in [0.29, 0.717) is 33.7 Å². The van der Waals surface area contributed by atoms with Crippen LogP contribution in [0.3, 0.4) is 0 Å². The Morgan fingerprint density at radius 3 is 2.69 bits per heavy atom. The van der Waals surface area contributed by atoms with E-state index < -0.39 is 17.9 Å². The average molecular weight is 547 g/mol. The van der Waals surface area contributed by atoms with E-state index in [2.05, 4.69) is 11.6 Å². The van der Waals surface area contributed by atoms with Gasteiger partial charge in [-0.2, -0.15) is 0 Å². The molecule has 0 fully saturated rings. The highest BCUT2D eigenvalue weighted by molar-refractivity contribution is 7.17. The van der Waals surface area contributed by atoms with Gasteiger partial charge in [0.05, 0.1) is 36.4 Å². The summed E-state index contributed by atoms with van der Waals surface area (Å²) in [5.74, 6) is -0.241. The molecule has 200 valence electrons. The average Bonchev–Trinajstić information content (AvgIpc) is 3.45. The summed E-state index contributed by atoms with van der Waals surface area (Å²) in [5.41, 5.74) is 2.06. The molecule has 0 aliphatic carbocycles. The fourth-order valence-electron chi connectivity index (χ4n) is 4.59. The van der Waals surface area contributed by atoms with Crippen LogP contribution in [-0.4, -0.2) is 37.2 Å². The van der Waals surface area contributed by atoms with Gasteiger partial charge in [0.1, 0.15) is 17.1 Å². The number of rotatable bonds is 8. The molecule has 0 bridgehead atoms. The van der Waals surface area contributed by atoms with Gasteiger partial charge in [-0.1, -0.05) is 41.7 Å². The number of amides is 1. The fourth-order valence-corrected chi connectivity index (χ4v) is 5.58. The van der Waals surface area contributed by atoms with Crippen molar-refractivity contribution in [2.45, 2.75) is 26.8 Å². The summed E-state index contributed by atoms with van der Waals surface area (Å²) < 4.78 is 22.5. The van der Waals surface area contributed by atoms with Crippen LogP contribution in [0.15, 0.2) is 58.3 Å². The summed E-state index contributed by atoms with van der Waals surface area (Å²) in [6.07, 6.45) is 1.62. The summed E-state index contributed by atoms with van der Waals surface area (Å²) in [5, 5.41) is 0.608. The Morgan fingerprint density at radius 2 is 1.97 bits per heavy atom. The lowest BCUT2D eigenvalue weighted by Gasteiger charge is -2.23. The smallest absolute Gasteiger partial charge is 0.350 e. The number of aromatic nitrogens is 1. The molecule has 5 rings (SSSR count). The van der Waals surface area contributed by atoms with Crippen LogP contribution in [0.1, 0.15) is 55.6 Å². The molecule has 39 heavy (non-hydrogen) atoms. The van der Waals surface area contributed by atoms with Gasteiger partial charge < -0.3 is 18.6 Å². The molecule has 2 aromatic heterocycles. The van der Waals surface area contributed by atoms with E-state index in [1.54, 1.807) is 50.3 Å². The molecule has 0 saturated carbocycles. The maximum atomic E-state index is 13.9. The Hall–Kier alpha value is -4.44. The normalized spacial score (nSPS) is 14.4. The molecule has 4 aromatic rings. The maximum absolute atomic E-state index is 13.9. The second-order valence-corrected chi connectivity index (χ2v) is 9.87. The Balaban J connectivity index is 1.74. The molecule has 1 atom stereocenters. The Bertz CT molecular complexity index is 1690. The number of methoxy groups -OCH3 is 1. The third-order valence-corrected chi connectivity index (χ3v) is 7.47. The first-order valence-corrected chi connectivity index (χ1v) is 13.1. The van der Waals surface area contributed by atoms with Crippen molar-refractivity contribution in [1.82, 2.24) is 4.98 Å². The van der Waals surface area contributed by atoms with Gasteiger partial charge in [0, 0.05) is 0 Å². The van der Waals surface area contributed by atoms with Crippen LogP contribution in [0.5, 0.6) is 11.5 Å². The minimum atomic E-state index is -0.892. The first kappa shape index (κ1) is 26.2. The van der Waals surface area contributed by atoms with Gasteiger partial charge in [0.15, 0.2) is 22.1 Å². The Labute approximate surface area is 228 Å². The number of hydrogen-bond donors (Lipinski definition) is 0. The molecule has 1 aliphatic heterocycles. The molecule has 10 heteroatoms. The SMILES string of the molecule is C=CCOc1ccc(C2c3c(oc4ccc(C)cc4c3=O)C(=O)N2c2nc(C)c(C(=O)OCC)s2)cc1OC. The van der Waals surface area contributed by atoms with Crippen molar-refractivity contribution in [3.05, 3.63) is 92.3 Å². The number of aryl methyl sites for hydroxylation is 2. The van der Waals surface area contributed by atoms with E-state index in [9.17, 15) is 14.4 Å². The molecule has 9 nitrogen and oxygen atoms in total. The number of carbonyl (C=O) groups is 2. The van der Waals surface area contributed by atoms with Gasteiger partial charge in [-0.25, -0.2) is 9.78 Å². The Kier molecular flexibility index (Phi) is 6.96. The molecule has 1 aliphatic rings. The van der Waals surface area contributed by atoms with Crippen molar-refractivity contribution < 1.29 is 28.2 Å². The van der Waals surface area contributed by atoms with Gasteiger partial charge in [-0.15, -0.1) is 0 Å². The molecule has 0 radical (unpaired) electrons. The lowest BCUT2D eigenvalue weighted by Crippen LogP contribution is -2.29. The highest BCUT2D eigenvalue weighted by Gasteiger charge is 2.45. The molecular weight excluding hydrogens is 520 g/mol. The number of esters is 1. The molecular formula is C29H26N2O7S. The largest absolute Gasteiger partial charge is 0.493 e. The van der Waals surface area contributed by atoms with Crippen molar-refractivity contribution in [3.8, 4) is 11.5 Å². The van der Waals surface area contributed by atoms with E-state index >= 15 is 0 Å². The fraction of sp³-hybridized carbons (Fsp3) is 0.241. The van der Waals surface area contributed by atoms with Gasteiger partial charge in [0.25, 0.3) is 5.91 Å². The van der Waals surface area contributed by atoms with Crippen LogP contribution < -0.4 is 19.8 Å². The minimum absolute atomic E-state index is 0.0714. The predicted octanol–water partition coefficient (Wildman–Crippen LogP) is 5.37. The zero-order valence-electron chi connectivity index (χ0n) is 21.9. The van der Waals surface area contributed by atoms with Crippen molar-refractivity contribution >= 4 is 39.3 Å². The third kappa shape index (κ3) is 4.46. The Morgan fingerprint density at radius 1 is 1.18 bits per heavy atom. The monoisotopic (exact) mass is 546 g/mol. The molecule has 0 saturated heterocycles. The third-order valence-electron chi connectivity index (χ3n) is 6.34. The van der Waals surface area contributed by atoms with Crippen LogP contribution in [0.25, 0.3) is 11.0 Å². The molecule has 3 heterocycles. The quantitative estimate of drug-likeness (QED) is 0.215. The highest BCUT2D eigenvalue weighted by Crippen LogP contribution is 2.45. The van der Waals surface area contributed by atoms with Crippen LogP contribution in [0.4, 0.5) is 5.13 Å². The summed E-state index contributed by atoms with van der Waals surface area (Å²) in [6, 6.07) is 9.52. The molecule has 2 aromatic carbocycles. The first-order valence-electron chi connectivity index (χ1n) is 12.3. The zero-order chi connectivity index (χ0) is 27.8. The van der Waals surface area contributed by atoms with Crippen LogP contribution in [0.2, 0.25) is 0 Å². The lowest BCUT2D eigenvalue weighted by atomic mass is 9.98. The number of anilines is 1. The summed E-state index contributed by atoms with van der Waals surface area (Å²) in [6.45, 7) is 9.41. The molecule has 1 amide bonds. The van der Waals surface area contributed by atoms with E-state index in [-0.39, 0.29) is 40.0 Å². The van der Waals surface area contributed by atoms with Gasteiger partial charge in [0.2, 0.25) is 5.76 Å². The second-order valence-electron chi connectivity index (χ2n) is 8.89. The number of ether oxygens (including phenoxy) is 3. The molecule has 1 unspecified atom stereocenters. The second kappa shape index (κ2) is 10.4. The minimum Gasteiger partial charge on any atom is -0.493 e. The summed E-state index contributed by atoms with van der Waals surface area (Å²) in [7, 11) is 1.51. The number of hydrogen-bond acceptors (Lipinski definition) is 9. The topological polar surface area (TPSA) is 108 Å². The predicted molar refractivity (Wildman–Crippen MR) is 147 cm³/mol. The highest BCUT2D eigenvalue weighted by atomic mass is 32.1. The van der Waals surface area contributed by atoms with Crippen LogP contribution >= 0.6 is 11.3 Å². The summed E-state index contributed by atoms with van der Waals surface area (Å²) in [4.78, 5) is 46.5. The summed E-state index contributed by atoms with van der Waals surface area (Å²) >= 11 is 1.02. The van der Waals surface area contributed by atoms with Crippen molar-refractivity contribution in [2.75, 3.05) is 25.2 Å².